The third-order valence-electron chi connectivity index (χ3n) is 2.61. The number of carbonyl (C=O) groups is 2. The van der Waals surface area contributed by atoms with Crippen molar-refractivity contribution in [2.45, 2.75) is 0 Å². The van der Waals surface area contributed by atoms with Gasteiger partial charge in [-0.2, -0.15) is 0 Å². The van der Waals surface area contributed by atoms with E-state index in [0.717, 1.165) is 3.57 Å². The first-order valence-electron chi connectivity index (χ1n) is 5.63. The van der Waals surface area contributed by atoms with Crippen molar-refractivity contribution in [1.82, 2.24) is 0 Å². The minimum Gasteiger partial charge on any atom is -0.366 e. The van der Waals surface area contributed by atoms with Crippen molar-refractivity contribution in [3.8, 4) is 0 Å². The van der Waals surface area contributed by atoms with Crippen molar-refractivity contribution < 1.29 is 9.59 Å². The molecule has 0 aromatic heterocycles. The van der Waals surface area contributed by atoms with Gasteiger partial charge in [0.2, 0.25) is 5.91 Å². The molecule has 0 aliphatic carbocycles. The number of benzene rings is 2. The predicted molar refractivity (Wildman–Crippen MR) is 87.1 cm³/mol. The lowest BCUT2D eigenvalue weighted by atomic mass is 10.1. The largest absolute Gasteiger partial charge is 0.366 e. The molecule has 20 heavy (non-hydrogen) atoms. The van der Waals surface area contributed by atoms with Gasteiger partial charge in [-0.1, -0.05) is 11.6 Å². The Morgan fingerprint density at radius 3 is 2.25 bits per heavy atom. The zero-order valence-electron chi connectivity index (χ0n) is 10.2. The number of halogens is 2. The average Bonchev–Trinajstić information content (AvgIpc) is 2.41. The summed E-state index contributed by atoms with van der Waals surface area (Å²) >= 11 is 8.15. The van der Waals surface area contributed by atoms with Crippen molar-refractivity contribution in [3.05, 3.63) is 62.2 Å². The minimum atomic E-state index is -0.577. The molecule has 0 saturated heterocycles. The number of rotatable bonds is 3. The normalized spacial score (nSPS) is 10.1. The third-order valence-corrected chi connectivity index (χ3v) is 3.65. The van der Waals surface area contributed by atoms with E-state index in [1.807, 2.05) is 12.1 Å². The van der Waals surface area contributed by atoms with Gasteiger partial charge >= 0.3 is 0 Å². The molecule has 0 aliphatic heterocycles. The van der Waals surface area contributed by atoms with Crippen molar-refractivity contribution in [2.24, 2.45) is 5.73 Å². The lowest BCUT2D eigenvalue weighted by Crippen LogP contribution is -2.14. The molecule has 3 N–H and O–H groups in total. The Morgan fingerprint density at radius 2 is 1.65 bits per heavy atom. The van der Waals surface area contributed by atoms with E-state index in [9.17, 15) is 9.59 Å². The molecular weight excluding hydrogens is 391 g/mol. The Hall–Kier alpha value is -1.60. The highest BCUT2D eigenvalue weighted by Gasteiger charge is 2.10. The Bertz CT molecular complexity index is 671. The van der Waals surface area contributed by atoms with E-state index in [1.54, 1.807) is 12.1 Å². The molecule has 0 heterocycles. The number of hydrogen-bond donors (Lipinski definition) is 2. The van der Waals surface area contributed by atoms with E-state index in [0.29, 0.717) is 16.3 Å². The van der Waals surface area contributed by atoms with Crippen LogP contribution in [0, 0.1) is 3.57 Å². The fourth-order valence-electron chi connectivity index (χ4n) is 1.57. The highest BCUT2D eigenvalue weighted by Crippen LogP contribution is 2.23. The minimum absolute atomic E-state index is 0.285. The first-order valence-corrected chi connectivity index (χ1v) is 7.09. The summed E-state index contributed by atoms with van der Waals surface area (Å²) in [5, 5.41) is 3.00. The maximum Gasteiger partial charge on any atom is 0.255 e. The van der Waals surface area contributed by atoms with Crippen LogP contribution in [0.2, 0.25) is 5.02 Å². The summed E-state index contributed by atoms with van der Waals surface area (Å²) in [6.45, 7) is 0. The molecule has 0 radical (unpaired) electrons. The van der Waals surface area contributed by atoms with Gasteiger partial charge in [-0.3, -0.25) is 9.59 Å². The maximum absolute atomic E-state index is 12.1. The summed E-state index contributed by atoms with van der Waals surface area (Å²) in [4.78, 5) is 23.2. The molecule has 2 aromatic rings. The van der Waals surface area contributed by atoms with Crippen LogP contribution in [-0.2, 0) is 0 Å². The average molecular weight is 401 g/mol. The highest BCUT2D eigenvalue weighted by atomic mass is 127. The van der Waals surface area contributed by atoms with Gasteiger partial charge in [-0.25, -0.2) is 0 Å². The van der Waals surface area contributed by atoms with Gasteiger partial charge in [-0.15, -0.1) is 0 Å². The van der Waals surface area contributed by atoms with E-state index >= 15 is 0 Å². The van der Waals surface area contributed by atoms with Crippen LogP contribution in [0.3, 0.4) is 0 Å². The number of hydrogen-bond acceptors (Lipinski definition) is 2. The van der Waals surface area contributed by atoms with Gasteiger partial charge in [0.25, 0.3) is 5.91 Å². The smallest absolute Gasteiger partial charge is 0.255 e. The van der Waals surface area contributed by atoms with Crippen molar-refractivity contribution >= 4 is 51.7 Å². The van der Waals surface area contributed by atoms with Crippen LogP contribution in [0.5, 0.6) is 0 Å². The SMILES string of the molecule is NC(=O)c1ccc(Cl)c(NC(=O)c2ccc(I)cc2)c1. The molecule has 0 fully saturated rings. The molecule has 6 heteroatoms. The van der Waals surface area contributed by atoms with E-state index in [2.05, 4.69) is 27.9 Å². The molecule has 0 atom stereocenters. The molecule has 0 bridgehead atoms. The lowest BCUT2D eigenvalue weighted by molar-refractivity contribution is 0.0996. The number of primary amides is 1. The predicted octanol–water partition coefficient (Wildman–Crippen LogP) is 3.30. The molecule has 0 aliphatic rings. The number of amides is 2. The zero-order valence-corrected chi connectivity index (χ0v) is 13.1. The Kier molecular flexibility index (Phi) is 4.61. The van der Waals surface area contributed by atoms with Crippen molar-refractivity contribution in [1.29, 1.82) is 0 Å². The van der Waals surface area contributed by atoms with Gasteiger partial charge in [0.15, 0.2) is 0 Å². The first-order chi connectivity index (χ1) is 9.47. The Morgan fingerprint density at radius 1 is 1.05 bits per heavy atom. The monoisotopic (exact) mass is 400 g/mol. The summed E-state index contributed by atoms with van der Waals surface area (Å²) in [5.74, 6) is -0.878. The summed E-state index contributed by atoms with van der Waals surface area (Å²) in [6, 6.07) is 11.6. The molecule has 102 valence electrons. The standard InChI is InChI=1S/C14H10ClIN2O2/c15-11-6-3-9(13(17)19)7-12(11)18-14(20)8-1-4-10(16)5-2-8/h1-7H,(H2,17,19)(H,18,20). The van der Waals surface area contributed by atoms with E-state index in [4.69, 9.17) is 17.3 Å². The maximum atomic E-state index is 12.1. The Labute approximate surface area is 134 Å². The zero-order chi connectivity index (χ0) is 14.7. The topological polar surface area (TPSA) is 72.2 Å². The van der Waals surface area contributed by atoms with E-state index in [-0.39, 0.29) is 11.5 Å². The van der Waals surface area contributed by atoms with Gasteiger partial charge in [0, 0.05) is 14.7 Å². The molecule has 0 saturated carbocycles. The first kappa shape index (κ1) is 14.8. The molecule has 2 amide bonds. The fraction of sp³-hybridized carbons (Fsp3) is 0. The van der Waals surface area contributed by atoms with E-state index < -0.39 is 5.91 Å². The summed E-state index contributed by atoms with van der Waals surface area (Å²) in [7, 11) is 0. The van der Waals surface area contributed by atoms with Gasteiger partial charge in [0.05, 0.1) is 10.7 Å². The van der Waals surface area contributed by atoms with Crippen molar-refractivity contribution in [2.75, 3.05) is 5.32 Å². The van der Waals surface area contributed by atoms with Crippen LogP contribution in [-0.4, -0.2) is 11.8 Å². The van der Waals surface area contributed by atoms with Crippen molar-refractivity contribution in [3.63, 3.8) is 0 Å². The van der Waals surface area contributed by atoms with Crippen LogP contribution in [0.1, 0.15) is 20.7 Å². The van der Waals surface area contributed by atoms with Gasteiger partial charge in [0.1, 0.15) is 0 Å². The summed E-state index contributed by atoms with van der Waals surface area (Å²) < 4.78 is 1.04. The van der Waals surface area contributed by atoms with Gasteiger partial charge in [-0.05, 0) is 65.1 Å². The third kappa shape index (κ3) is 3.49. The second kappa shape index (κ2) is 6.23. The molecule has 4 nitrogen and oxygen atoms in total. The van der Waals surface area contributed by atoms with Crippen LogP contribution < -0.4 is 11.1 Å². The molecule has 2 rings (SSSR count). The molecule has 0 spiro atoms. The Balaban J connectivity index is 2.25. The van der Waals surface area contributed by atoms with Crippen LogP contribution in [0.15, 0.2) is 42.5 Å². The quantitative estimate of drug-likeness (QED) is 0.776. The van der Waals surface area contributed by atoms with Gasteiger partial charge < -0.3 is 11.1 Å². The molecule has 2 aromatic carbocycles. The highest BCUT2D eigenvalue weighted by molar-refractivity contribution is 14.1. The fourth-order valence-corrected chi connectivity index (χ4v) is 2.09. The molecule has 0 unspecified atom stereocenters. The summed E-state index contributed by atoms with van der Waals surface area (Å²) in [6.07, 6.45) is 0. The number of anilines is 1. The van der Waals surface area contributed by atoms with Crippen LogP contribution in [0.4, 0.5) is 5.69 Å². The summed E-state index contributed by atoms with van der Waals surface area (Å²) in [5.41, 5.74) is 6.34. The molecular formula is C14H10ClIN2O2. The van der Waals surface area contributed by atoms with Crippen LogP contribution >= 0.6 is 34.2 Å². The number of nitrogens with one attached hydrogen (secondary N) is 1. The number of carbonyl (C=O) groups excluding carboxylic acids is 2. The number of nitrogens with two attached hydrogens (primary N) is 1. The van der Waals surface area contributed by atoms with Crippen LogP contribution in [0.25, 0.3) is 0 Å². The second-order valence-electron chi connectivity index (χ2n) is 4.02. The van der Waals surface area contributed by atoms with E-state index in [1.165, 1.54) is 18.2 Å². The lowest BCUT2D eigenvalue weighted by Gasteiger charge is -2.08. The second-order valence-corrected chi connectivity index (χ2v) is 5.67.